The second-order valence-electron chi connectivity index (χ2n) is 3.09. The molecule has 64 valence electrons. The molecule has 1 rings (SSSR count). The fourth-order valence-electron chi connectivity index (χ4n) is 1.42. The van der Waals surface area contributed by atoms with E-state index in [1.807, 2.05) is 0 Å². The van der Waals surface area contributed by atoms with Crippen molar-refractivity contribution in [3.8, 4) is 0 Å². The second-order valence-corrected chi connectivity index (χ2v) is 3.09. The van der Waals surface area contributed by atoms with Gasteiger partial charge in [0.25, 0.3) is 0 Å². The van der Waals surface area contributed by atoms with Crippen LogP contribution in [0.25, 0.3) is 0 Å². The number of urea groups is 1. The van der Waals surface area contributed by atoms with E-state index >= 15 is 0 Å². The molecule has 4 heteroatoms. The minimum atomic E-state index is -0.806. The van der Waals surface area contributed by atoms with Crippen LogP contribution in [0.5, 0.6) is 0 Å². The molecule has 0 aliphatic carbocycles. The van der Waals surface area contributed by atoms with Gasteiger partial charge in [0, 0.05) is 0 Å². The molecule has 0 spiro atoms. The molecule has 4 nitrogen and oxygen atoms in total. The van der Waals surface area contributed by atoms with Crippen molar-refractivity contribution in [2.75, 3.05) is 13.1 Å². The number of rotatable bonds is 0. The van der Waals surface area contributed by atoms with Crippen molar-refractivity contribution in [2.45, 2.75) is 25.7 Å². The number of hydrogen-bond donors (Lipinski definition) is 1. The zero-order chi connectivity index (χ0) is 8.32. The van der Waals surface area contributed by atoms with Crippen molar-refractivity contribution < 1.29 is 9.44 Å². The first-order valence-electron chi connectivity index (χ1n) is 4.03. The van der Waals surface area contributed by atoms with Gasteiger partial charge in [-0.3, -0.25) is 4.65 Å². The Labute approximate surface area is 66.1 Å². The Kier molecular flexibility index (Phi) is 2.46. The van der Waals surface area contributed by atoms with Crippen LogP contribution in [-0.4, -0.2) is 23.8 Å². The molecule has 0 unspecified atom stereocenters. The molecule has 0 bridgehead atoms. The molecule has 1 aliphatic rings. The van der Waals surface area contributed by atoms with Gasteiger partial charge in [-0.1, -0.05) is 0 Å². The Morgan fingerprint density at radius 1 is 1.18 bits per heavy atom. The summed E-state index contributed by atoms with van der Waals surface area (Å²) in [5, 5.41) is 11.5. The van der Waals surface area contributed by atoms with Gasteiger partial charge >= 0.3 is 6.03 Å². The smallest absolute Gasteiger partial charge is 0.414 e. The molecule has 1 fully saturated rings. The number of hydroxylamine groups is 3. The van der Waals surface area contributed by atoms with Crippen LogP contribution in [0.15, 0.2) is 0 Å². The molecule has 0 aromatic rings. The number of primary amides is 1. The lowest BCUT2D eigenvalue weighted by Gasteiger charge is -2.36. The van der Waals surface area contributed by atoms with E-state index in [2.05, 4.69) is 0 Å². The van der Waals surface area contributed by atoms with Crippen molar-refractivity contribution in [2.24, 2.45) is 5.73 Å². The first-order valence-corrected chi connectivity index (χ1v) is 4.03. The maximum absolute atomic E-state index is 11.5. The highest BCUT2D eigenvalue weighted by Crippen LogP contribution is 2.16. The van der Waals surface area contributed by atoms with E-state index in [1.165, 1.54) is 0 Å². The van der Waals surface area contributed by atoms with E-state index in [4.69, 9.17) is 5.73 Å². The van der Waals surface area contributed by atoms with Crippen LogP contribution in [0.1, 0.15) is 25.7 Å². The highest BCUT2D eigenvalue weighted by molar-refractivity contribution is 5.64. The Hall–Kier alpha value is -0.610. The monoisotopic (exact) mass is 158 g/mol. The summed E-state index contributed by atoms with van der Waals surface area (Å²) in [6.45, 7) is 0.741. The van der Waals surface area contributed by atoms with Crippen LogP contribution in [0.2, 0.25) is 0 Å². The van der Waals surface area contributed by atoms with Gasteiger partial charge in [-0.2, -0.15) is 0 Å². The molecule has 1 aliphatic heterocycles. The van der Waals surface area contributed by atoms with Gasteiger partial charge in [0.05, 0.1) is 13.1 Å². The number of nitrogens with zero attached hydrogens (tertiary/aromatic N) is 1. The number of carbonyl (C=O) groups is 1. The number of likely N-dealkylation sites (tertiary alicyclic amines) is 1. The number of quaternary nitrogens is 1. The van der Waals surface area contributed by atoms with E-state index in [1.54, 1.807) is 0 Å². The third kappa shape index (κ3) is 1.91. The summed E-state index contributed by atoms with van der Waals surface area (Å²) in [6.07, 6.45) is 3.75. The SMILES string of the molecule is NC(=O)[N+]1([O-])CCCCCC1. The average Bonchev–Trinajstić information content (AvgIpc) is 2.15. The summed E-state index contributed by atoms with van der Waals surface area (Å²) in [5.74, 6) is 0. The fraction of sp³-hybridized carbons (Fsp3) is 0.857. The maximum atomic E-state index is 11.5. The van der Waals surface area contributed by atoms with Crippen molar-refractivity contribution in [1.82, 2.24) is 0 Å². The Bertz CT molecular complexity index is 151. The third-order valence-corrected chi connectivity index (χ3v) is 2.19. The average molecular weight is 158 g/mol. The van der Waals surface area contributed by atoms with Gasteiger partial charge in [-0.15, -0.1) is 0 Å². The Morgan fingerprint density at radius 2 is 1.64 bits per heavy atom. The lowest BCUT2D eigenvalue weighted by Crippen LogP contribution is -2.51. The zero-order valence-electron chi connectivity index (χ0n) is 6.58. The van der Waals surface area contributed by atoms with Crippen LogP contribution >= 0.6 is 0 Å². The molecular formula is C7H14N2O2. The Balaban J connectivity index is 2.59. The second kappa shape index (κ2) is 3.19. The van der Waals surface area contributed by atoms with Crippen LogP contribution < -0.4 is 5.73 Å². The predicted octanol–water partition coefficient (Wildman–Crippen LogP) is 0.954. The largest absolute Gasteiger partial charge is 0.624 e. The summed E-state index contributed by atoms with van der Waals surface area (Å²) >= 11 is 0. The predicted molar refractivity (Wildman–Crippen MR) is 41.4 cm³/mol. The molecule has 1 heterocycles. The molecule has 0 atom stereocenters. The third-order valence-electron chi connectivity index (χ3n) is 2.19. The molecule has 0 aromatic carbocycles. The number of amides is 2. The lowest BCUT2D eigenvalue weighted by molar-refractivity contribution is -0.797. The minimum Gasteiger partial charge on any atom is -0.624 e. The molecule has 2 N–H and O–H groups in total. The van der Waals surface area contributed by atoms with Gasteiger partial charge in [0.2, 0.25) is 0 Å². The van der Waals surface area contributed by atoms with Crippen molar-refractivity contribution in [1.29, 1.82) is 0 Å². The standard InChI is InChI=1S/C7H14N2O2/c8-7(10)9(11)5-3-1-2-4-6-9/h1-6H2,(H2,8,10). The van der Waals surface area contributed by atoms with Gasteiger partial charge in [0.15, 0.2) is 0 Å². The van der Waals surface area contributed by atoms with E-state index in [9.17, 15) is 10.0 Å². The lowest BCUT2D eigenvalue weighted by atomic mass is 10.2. The van der Waals surface area contributed by atoms with Gasteiger partial charge < -0.3 is 10.9 Å². The van der Waals surface area contributed by atoms with Crippen LogP contribution in [-0.2, 0) is 0 Å². The first kappa shape index (κ1) is 8.49. The topological polar surface area (TPSA) is 66.2 Å². The molecular weight excluding hydrogens is 144 g/mol. The summed E-state index contributed by atoms with van der Waals surface area (Å²) in [4.78, 5) is 10.7. The molecule has 1 saturated heterocycles. The Morgan fingerprint density at radius 3 is 2.00 bits per heavy atom. The minimum absolute atomic E-state index is 0.370. The van der Waals surface area contributed by atoms with Gasteiger partial charge in [-0.05, 0) is 25.7 Å². The maximum Gasteiger partial charge on any atom is 0.414 e. The first-order chi connectivity index (χ1) is 5.15. The summed E-state index contributed by atoms with van der Waals surface area (Å²) in [6, 6.07) is -0.730. The van der Waals surface area contributed by atoms with E-state index < -0.39 is 10.7 Å². The number of carbonyl (C=O) groups excluding carboxylic acids is 1. The molecule has 2 amide bonds. The summed E-state index contributed by atoms with van der Waals surface area (Å²) in [7, 11) is 0. The van der Waals surface area contributed by atoms with Gasteiger partial charge in [-0.25, -0.2) is 4.79 Å². The van der Waals surface area contributed by atoms with E-state index in [0.717, 1.165) is 25.7 Å². The zero-order valence-corrected chi connectivity index (χ0v) is 6.58. The number of hydrogen-bond acceptors (Lipinski definition) is 2. The van der Waals surface area contributed by atoms with E-state index in [0.29, 0.717) is 13.1 Å². The van der Waals surface area contributed by atoms with Crippen LogP contribution in [0.4, 0.5) is 4.79 Å². The van der Waals surface area contributed by atoms with Crippen molar-refractivity contribution >= 4 is 6.03 Å². The quantitative estimate of drug-likeness (QED) is 0.421. The molecule has 0 saturated carbocycles. The highest BCUT2D eigenvalue weighted by Gasteiger charge is 2.25. The van der Waals surface area contributed by atoms with Gasteiger partial charge in [0.1, 0.15) is 0 Å². The normalized spacial score (nSPS) is 24.1. The van der Waals surface area contributed by atoms with Crippen LogP contribution in [0, 0.1) is 5.21 Å². The van der Waals surface area contributed by atoms with Crippen molar-refractivity contribution in [3.63, 3.8) is 0 Å². The highest BCUT2D eigenvalue weighted by atomic mass is 16.6. The van der Waals surface area contributed by atoms with Crippen LogP contribution in [0.3, 0.4) is 0 Å². The fourth-order valence-corrected chi connectivity index (χ4v) is 1.42. The molecule has 11 heavy (non-hydrogen) atoms. The van der Waals surface area contributed by atoms with Crippen molar-refractivity contribution in [3.05, 3.63) is 5.21 Å². The summed E-state index contributed by atoms with van der Waals surface area (Å²) in [5.41, 5.74) is 4.99. The number of nitrogens with two attached hydrogens (primary N) is 1. The van der Waals surface area contributed by atoms with E-state index in [-0.39, 0.29) is 0 Å². The molecule has 0 radical (unpaired) electrons. The summed E-state index contributed by atoms with van der Waals surface area (Å²) < 4.78 is -0.806. The molecule has 0 aromatic heterocycles.